The van der Waals surface area contributed by atoms with Crippen LogP contribution in [0, 0.1) is 6.92 Å². The summed E-state index contributed by atoms with van der Waals surface area (Å²) in [6.07, 6.45) is 0. The van der Waals surface area contributed by atoms with Crippen molar-refractivity contribution in [3.05, 3.63) is 81.8 Å². The van der Waals surface area contributed by atoms with Crippen molar-refractivity contribution in [2.24, 2.45) is 0 Å². The van der Waals surface area contributed by atoms with Crippen molar-refractivity contribution in [2.75, 3.05) is 11.9 Å². The summed E-state index contributed by atoms with van der Waals surface area (Å²) < 4.78 is 6.01. The third kappa shape index (κ3) is 4.32. The Morgan fingerprint density at radius 2 is 1.90 bits per heavy atom. The topological polar surface area (TPSA) is 111 Å². The third-order valence-electron chi connectivity index (χ3n) is 4.04. The Balaban J connectivity index is 1.98. The number of carbonyl (C=O) groups excluding carboxylic acids is 2. The van der Waals surface area contributed by atoms with Gasteiger partial charge in [-0.1, -0.05) is 24.3 Å². The summed E-state index contributed by atoms with van der Waals surface area (Å²) in [6.45, 7) is 3.72. The minimum atomic E-state index is -0.777. The normalized spacial score (nSPS) is 10.4. The fourth-order valence-corrected chi connectivity index (χ4v) is 2.71. The van der Waals surface area contributed by atoms with E-state index >= 15 is 0 Å². The molecule has 29 heavy (non-hydrogen) atoms. The fourth-order valence-electron chi connectivity index (χ4n) is 2.71. The molecule has 0 aliphatic heterocycles. The van der Waals surface area contributed by atoms with Crippen LogP contribution in [0.15, 0.2) is 59.4 Å². The summed E-state index contributed by atoms with van der Waals surface area (Å²) in [5, 5.41) is 16.7. The van der Waals surface area contributed by atoms with Crippen molar-refractivity contribution in [1.82, 2.24) is 9.78 Å². The molecular formula is C21H19N3O5. The number of hydrogen-bond acceptors (Lipinski definition) is 6. The molecule has 0 aliphatic carbocycles. The molecule has 0 saturated carbocycles. The standard InChI is InChI=1S/C21H19N3O5/c1-3-29-21(28)15-9-4-5-10-16(15)22-20(27)19-17(25)12-18(26)24(23-19)14-8-6-7-13(2)11-14/h4-12,25H,3H2,1-2H3,(H,22,27). The highest BCUT2D eigenvalue weighted by Crippen LogP contribution is 2.20. The van der Waals surface area contributed by atoms with Crippen molar-refractivity contribution in [3.8, 4) is 11.4 Å². The molecule has 0 fully saturated rings. The first-order chi connectivity index (χ1) is 13.9. The van der Waals surface area contributed by atoms with Gasteiger partial charge in [0.25, 0.3) is 11.5 Å². The van der Waals surface area contributed by atoms with Crippen LogP contribution in [-0.4, -0.2) is 33.4 Å². The molecule has 8 heteroatoms. The zero-order valence-electron chi connectivity index (χ0n) is 15.9. The molecule has 1 aromatic heterocycles. The van der Waals surface area contributed by atoms with E-state index in [9.17, 15) is 19.5 Å². The Morgan fingerprint density at radius 1 is 1.14 bits per heavy atom. The molecule has 2 N–H and O–H groups in total. The number of carbonyl (C=O) groups is 2. The molecule has 0 aliphatic rings. The van der Waals surface area contributed by atoms with E-state index in [0.717, 1.165) is 16.3 Å². The Labute approximate surface area is 166 Å². The van der Waals surface area contributed by atoms with E-state index in [4.69, 9.17) is 4.74 Å². The molecule has 1 heterocycles. The molecule has 0 saturated heterocycles. The number of rotatable bonds is 5. The summed E-state index contributed by atoms with van der Waals surface area (Å²) in [5.74, 6) is -1.93. The van der Waals surface area contributed by atoms with Gasteiger partial charge >= 0.3 is 5.97 Å². The lowest BCUT2D eigenvalue weighted by Gasteiger charge is -2.12. The number of amides is 1. The molecule has 0 radical (unpaired) electrons. The summed E-state index contributed by atoms with van der Waals surface area (Å²) in [4.78, 5) is 37.1. The van der Waals surface area contributed by atoms with Gasteiger partial charge in [0.1, 0.15) is 0 Å². The highest BCUT2D eigenvalue weighted by atomic mass is 16.5. The second-order valence-electron chi connectivity index (χ2n) is 6.19. The molecule has 3 rings (SSSR count). The van der Waals surface area contributed by atoms with Gasteiger partial charge in [-0.15, -0.1) is 0 Å². The van der Waals surface area contributed by atoms with E-state index in [-0.39, 0.29) is 23.6 Å². The van der Waals surface area contributed by atoms with E-state index in [0.29, 0.717) is 5.69 Å². The minimum Gasteiger partial charge on any atom is -0.505 e. The largest absolute Gasteiger partial charge is 0.505 e. The summed E-state index contributed by atoms with van der Waals surface area (Å²) in [7, 11) is 0. The Kier molecular flexibility index (Phi) is 5.73. The predicted octanol–water partition coefficient (Wildman–Crippen LogP) is 2.68. The number of benzene rings is 2. The van der Waals surface area contributed by atoms with Gasteiger partial charge in [0, 0.05) is 6.07 Å². The Hall–Kier alpha value is -3.94. The summed E-state index contributed by atoms with van der Waals surface area (Å²) in [5.41, 5.74) is 0.774. The maximum atomic E-state index is 12.7. The molecular weight excluding hydrogens is 374 g/mol. The minimum absolute atomic E-state index is 0.161. The lowest BCUT2D eigenvalue weighted by atomic mass is 10.1. The number of nitrogens with zero attached hydrogens (tertiary/aromatic N) is 2. The first-order valence-corrected chi connectivity index (χ1v) is 8.88. The Bertz CT molecular complexity index is 1140. The van der Waals surface area contributed by atoms with E-state index in [1.807, 2.05) is 13.0 Å². The van der Waals surface area contributed by atoms with Crippen LogP contribution in [0.25, 0.3) is 5.69 Å². The molecule has 3 aromatic rings. The average molecular weight is 393 g/mol. The van der Waals surface area contributed by atoms with Crippen LogP contribution in [0.3, 0.4) is 0 Å². The molecule has 8 nitrogen and oxygen atoms in total. The number of aryl methyl sites for hydroxylation is 1. The van der Waals surface area contributed by atoms with Crippen molar-refractivity contribution in [3.63, 3.8) is 0 Å². The second kappa shape index (κ2) is 8.39. The summed E-state index contributed by atoms with van der Waals surface area (Å²) in [6, 6.07) is 14.2. The molecule has 0 bridgehead atoms. The maximum absolute atomic E-state index is 12.7. The molecule has 0 unspecified atom stereocenters. The first-order valence-electron chi connectivity index (χ1n) is 8.88. The maximum Gasteiger partial charge on any atom is 0.340 e. The molecule has 148 valence electrons. The first kappa shape index (κ1) is 19.8. The highest BCUT2D eigenvalue weighted by molar-refractivity contribution is 6.08. The van der Waals surface area contributed by atoms with Crippen LogP contribution in [-0.2, 0) is 4.74 Å². The van der Waals surface area contributed by atoms with E-state index in [2.05, 4.69) is 10.4 Å². The van der Waals surface area contributed by atoms with Gasteiger partial charge in [-0.3, -0.25) is 9.59 Å². The predicted molar refractivity (Wildman–Crippen MR) is 107 cm³/mol. The molecule has 0 spiro atoms. The van der Waals surface area contributed by atoms with Crippen LogP contribution in [0.1, 0.15) is 33.3 Å². The SMILES string of the molecule is CCOC(=O)c1ccccc1NC(=O)c1nn(-c2cccc(C)c2)c(=O)cc1O. The lowest BCUT2D eigenvalue weighted by molar-refractivity contribution is 0.0527. The van der Waals surface area contributed by atoms with Gasteiger partial charge in [-0.05, 0) is 43.7 Å². The second-order valence-corrected chi connectivity index (χ2v) is 6.19. The molecule has 2 aromatic carbocycles. The van der Waals surface area contributed by atoms with Gasteiger partial charge in [-0.25, -0.2) is 4.79 Å². The highest BCUT2D eigenvalue weighted by Gasteiger charge is 2.20. The van der Waals surface area contributed by atoms with Gasteiger partial charge in [0.2, 0.25) is 0 Å². The van der Waals surface area contributed by atoms with Crippen LogP contribution < -0.4 is 10.9 Å². The van der Waals surface area contributed by atoms with E-state index in [1.165, 1.54) is 12.1 Å². The van der Waals surface area contributed by atoms with Crippen molar-refractivity contribution >= 4 is 17.6 Å². The molecule has 0 atom stereocenters. The quantitative estimate of drug-likeness (QED) is 0.645. The van der Waals surface area contributed by atoms with Crippen LogP contribution in [0.2, 0.25) is 0 Å². The van der Waals surface area contributed by atoms with Crippen LogP contribution in [0.5, 0.6) is 5.75 Å². The molecule has 1 amide bonds. The van der Waals surface area contributed by atoms with E-state index < -0.39 is 23.2 Å². The number of para-hydroxylation sites is 1. The number of esters is 1. The van der Waals surface area contributed by atoms with Crippen molar-refractivity contribution in [1.29, 1.82) is 0 Å². The number of ether oxygens (including phenoxy) is 1. The van der Waals surface area contributed by atoms with Crippen molar-refractivity contribution in [2.45, 2.75) is 13.8 Å². The number of hydrogen-bond donors (Lipinski definition) is 2. The zero-order chi connectivity index (χ0) is 21.0. The Morgan fingerprint density at radius 3 is 2.62 bits per heavy atom. The van der Waals surface area contributed by atoms with Gasteiger partial charge < -0.3 is 15.2 Å². The number of nitrogens with one attached hydrogen (secondary N) is 1. The van der Waals surface area contributed by atoms with Gasteiger partial charge in [0.15, 0.2) is 11.4 Å². The van der Waals surface area contributed by atoms with E-state index in [1.54, 1.807) is 37.3 Å². The average Bonchev–Trinajstić information content (AvgIpc) is 2.68. The third-order valence-corrected chi connectivity index (χ3v) is 4.04. The lowest BCUT2D eigenvalue weighted by Crippen LogP contribution is -2.25. The smallest absolute Gasteiger partial charge is 0.340 e. The summed E-state index contributed by atoms with van der Waals surface area (Å²) >= 11 is 0. The number of aromatic hydroxyl groups is 1. The fraction of sp³-hybridized carbons (Fsp3) is 0.143. The van der Waals surface area contributed by atoms with Gasteiger partial charge in [-0.2, -0.15) is 9.78 Å². The van der Waals surface area contributed by atoms with Crippen molar-refractivity contribution < 1.29 is 19.4 Å². The van der Waals surface area contributed by atoms with Crippen LogP contribution in [0.4, 0.5) is 5.69 Å². The number of anilines is 1. The van der Waals surface area contributed by atoms with Gasteiger partial charge in [0.05, 0.1) is 23.5 Å². The monoisotopic (exact) mass is 393 g/mol. The van der Waals surface area contributed by atoms with Crippen LogP contribution >= 0.6 is 0 Å². The zero-order valence-corrected chi connectivity index (χ0v) is 15.9. The number of aromatic nitrogens is 2.